The summed E-state index contributed by atoms with van der Waals surface area (Å²) in [6.07, 6.45) is 0. The Morgan fingerprint density at radius 2 is 1.77 bits per heavy atom. The van der Waals surface area contributed by atoms with Gasteiger partial charge in [0.1, 0.15) is 11.5 Å². The molecular formula is C16H12FN3O2. The third-order valence-electron chi connectivity index (χ3n) is 3.24. The lowest BCUT2D eigenvalue weighted by Gasteiger charge is -2.08. The lowest BCUT2D eigenvalue weighted by atomic mass is 10.1. The van der Waals surface area contributed by atoms with E-state index in [2.05, 4.69) is 10.3 Å². The molecule has 1 heterocycles. The second kappa shape index (κ2) is 5.77. The Labute approximate surface area is 125 Å². The molecular weight excluding hydrogens is 285 g/mol. The van der Waals surface area contributed by atoms with E-state index >= 15 is 0 Å². The van der Waals surface area contributed by atoms with Gasteiger partial charge in [0.15, 0.2) is 5.69 Å². The standard InChI is InChI=1S/C16H12FN3O2/c17-13-9-5-4-8-12(13)15-14(16(21)22)18-19-20(15)10-11-6-2-1-3-7-11/h1-9H,10H2,(H,21,22). The number of aromatic carboxylic acids is 1. The van der Waals surface area contributed by atoms with Crippen LogP contribution in [0.1, 0.15) is 16.1 Å². The molecule has 0 fully saturated rings. The molecule has 22 heavy (non-hydrogen) atoms. The molecule has 0 radical (unpaired) electrons. The van der Waals surface area contributed by atoms with E-state index in [0.29, 0.717) is 6.54 Å². The lowest BCUT2D eigenvalue weighted by molar-refractivity contribution is 0.0691. The first-order chi connectivity index (χ1) is 10.7. The van der Waals surface area contributed by atoms with Crippen LogP contribution in [0.15, 0.2) is 54.6 Å². The summed E-state index contributed by atoms with van der Waals surface area (Å²) in [6.45, 7) is 0.310. The van der Waals surface area contributed by atoms with Gasteiger partial charge in [-0.25, -0.2) is 13.9 Å². The van der Waals surface area contributed by atoms with Crippen molar-refractivity contribution in [3.05, 3.63) is 71.7 Å². The SMILES string of the molecule is O=C(O)c1nnn(Cc2ccccc2)c1-c1ccccc1F. The second-order valence-corrected chi connectivity index (χ2v) is 4.71. The fraction of sp³-hybridized carbons (Fsp3) is 0.0625. The molecule has 0 bridgehead atoms. The lowest BCUT2D eigenvalue weighted by Crippen LogP contribution is -2.07. The molecule has 1 N–H and O–H groups in total. The second-order valence-electron chi connectivity index (χ2n) is 4.71. The average molecular weight is 297 g/mol. The van der Waals surface area contributed by atoms with E-state index < -0.39 is 11.8 Å². The molecule has 3 rings (SSSR count). The summed E-state index contributed by atoms with van der Waals surface area (Å²) in [6, 6.07) is 15.4. The Morgan fingerprint density at radius 1 is 1.09 bits per heavy atom. The highest BCUT2D eigenvalue weighted by Gasteiger charge is 2.22. The quantitative estimate of drug-likeness (QED) is 0.804. The highest BCUT2D eigenvalue weighted by atomic mass is 19.1. The van der Waals surface area contributed by atoms with Crippen molar-refractivity contribution in [2.75, 3.05) is 0 Å². The minimum Gasteiger partial charge on any atom is -0.476 e. The van der Waals surface area contributed by atoms with Gasteiger partial charge in [0.25, 0.3) is 0 Å². The fourth-order valence-corrected chi connectivity index (χ4v) is 2.24. The van der Waals surface area contributed by atoms with Crippen LogP contribution in [0.4, 0.5) is 4.39 Å². The maximum absolute atomic E-state index is 14.1. The zero-order valence-electron chi connectivity index (χ0n) is 11.5. The highest BCUT2D eigenvalue weighted by Crippen LogP contribution is 2.25. The molecule has 0 aliphatic heterocycles. The van der Waals surface area contributed by atoms with Gasteiger partial charge in [0.05, 0.1) is 6.54 Å². The van der Waals surface area contributed by atoms with E-state index in [1.54, 1.807) is 12.1 Å². The summed E-state index contributed by atoms with van der Waals surface area (Å²) in [5.74, 6) is -1.75. The molecule has 3 aromatic rings. The molecule has 2 aromatic carbocycles. The van der Waals surface area contributed by atoms with Gasteiger partial charge in [-0.3, -0.25) is 0 Å². The molecule has 6 heteroatoms. The summed E-state index contributed by atoms with van der Waals surface area (Å²) in [5.41, 5.74) is 0.984. The van der Waals surface area contributed by atoms with E-state index in [9.17, 15) is 14.3 Å². The van der Waals surface area contributed by atoms with E-state index in [0.717, 1.165) is 5.56 Å². The van der Waals surface area contributed by atoms with Crippen LogP contribution in [-0.2, 0) is 6.54 Å². The summed E-state index contributed by atoms with van der Waals surface area (Å²) < 4.78 is 15.5. The van der Waals surface area contributed by atoms with Gasteiger partial charge in [-0.15, -0.1) is 5.10 Å². The number of aromatic nitrogens is 3. The van der Waals surface area contributed by atoms with Crippen LogP contribution >= 0.6 is 0 Å². The molecule has 0 saturated heterocycles. The molecule has 0 aliphatic carbocycles. The number of carbonyl (C=O) groups is 1. The Morgan fingerprint density at radius 3 is 2.45 bits per heavy atom. The molecule has 5 nitrogen and oxygen atoms in total. The molecule has 0 spiro atoms. The first-order valence-electron chi connectivity index (χ1n) is 6.62. The molecule has 0 unspecified atom stereocenters. The molecule has 1 aromatic heterocycles. The van der Waals surface area contributed by atoms with Crippen LogP contribution in [0, 0.1) is 5.82 Å². The first kappa shape index (κ1) is 13.9. The zero-order valence-corrected chi connectivity index (χ0v) is 11.5. The van der Waals surface area contributed by atoms with Crippen molar-refractivity contribution < 1.29 is 14.3 Å². The minimum absolute atomic E-state index is 0.162. The summed E-state index contributed by atoms with van der Waals surface area (Å²) in [4.78, 5) is 11.3. The number of benzene rings is 2. The maximum atomic E-state index is 14.1. The smallest absolute Gasteiger partial charge is 0.358 e. The first-order valence-corrected chi connectivity index (χ1v) is 6.62. The van der Waals surface area contributed by atoms with Gasteiger partial charge in [0.2, 0.25) is 0 Å². The largest absolute Gasteiger partial charge is 0.476 e. The monoisotopic (exact) mass is 297 g/mol. The van der Waals surface area contributed by atoms with Crippen LogP contribution < -0.4 is 0 Å². The van der Waals surface area contributed by atoms with Gasteiger partial charge < -0.3 is 5.11 Å². The Bertz CT molecular complexity index is 815. The van der Waals surface area contributed by atoms with E-state index in [-0.39, 0.29) is 17.0 Å². The third kappa shape index (κ3) is 2.58. The van der Waals surface area contributed by atoms with Gasteiger partial charge in [-0.2, -0.15) is 0 Å². The Balaban J connectivity index is 2.12. The fourth-order valence-electron chi connectivity index (χ4n) is 2.24. The average Bonchev–Trinajstić information content (AvgIpc) is 2.92. The van der Waals surface area contributed by atoms with Crippen molar-refractivity contribution in [1.82, 2.24) is 15.0 Å². The van der Waals surface area contributed by atoms with Crippen molar-refractivity contribution in [3.63, 3.8) is 0 Å². The van der Waals surface area contributed by atoms with Crippen molar-refractivity contribution in [1.29, 1.82) is 0 Å². The molecule has 0 aliphatic rings. The van der Waals surface area contributed by atoms with E-state index in [4.69, 9.17) is 0 Å². The van der Waals surface area contributed by atoms with Crippen LogP contribution in [0.2, 0.25) is 0 Å². The highest BCUT2D eigenvalue weighted by molar-refractivity contribution is 5.92. The van der Waals surface area contributed by atoms with Crippen molar-refractivity contribution in [3.8, 4) is 11.3 Å². The van der Waals surface area contributed by atoms with Gasteiger partial charge in [0, 0.05) is 5.56 Å². The minimum atomic E-state index is -1.24. The van der Waals surface area contributed by atoms with Crippen LogP contribution in [0.25, 0.3) is 11.3 Å². The third-order valence-corrected chi connectivity index (χ3v) is 3.24. The maximum Gasteiger partial charge on any atom is 0.358 e. The predicted molar refractivity (Wildman–Crippen MR) is 77.9 cm³/mol. The molecule has 0 atom stereocenters. The van der Waals surface area contributed by atoms with Gasteiger partial charge >= 0.3 is 5.97 Å². The number of nitrogens with zero attached hydrogens (tertiary/aromatic N) is 3. The molecule has 0 saturated carbocycles. The predicted octanol–water partition coefficient (Wildman–Crippen LogP) is 2.83. The summed E-state index contributed by atoms with van der Waals surface area (Å²) in [5, 5.41) is 16.8. The van der Waals surface area contributed by atoms with Crippen LogP contribution in [-0.4, -0.2) is 26.1 Å². The Hall–Kier alpha value is -3.02. The summed E-state index contributed by atoms with van der Waals surface area (Å²) >= 11 is 0. The van der Waals surface area contributed by atoms with Gasteiger partial charge in [-0.1, -0.05) is 47.7 Å². The number of carboxylic acid groups (broad SMARTS) is 1. The molecule has 0 amide bonds. The molecule has 110 valence electrons. The van der Waals surface area contributed by atoms with Crippen LogP contribution in [0.3, 0.4) is 0 Å². The summed E-state index contributed by atoms with van der Waals surface area (Å²) in [7, 11) is 0. The van der Waals surface area contributed by atoms with Gasteiger partial charge in [-0.05, 0) is 17.7 Å². The zero-order chi connectivity index (χ0) is 15.5. The Kier molecular flexibility index (Phi) is 3.65. The van der Waals surface area contributed by atoms with Crippen molar-refractivity contribution >= 4 is 5.97 Å². The van der Waals surface area contributed by atoms with E-state index in [1.807, 2.05) is 30.3 Å². The van der Waals surface area contributed by atoms with Crippen molar-refractivity contribution in [2.24, 2.45) is 0 Å². The number of rotatable bonds is 4. The number of hydrogen-bond acceptors (Lipinski definition) is 3. The topological polar surface area (TPSA) is 68.0 Å². The number of halogens is 1. The number of hydrogen-bond donors (Lipinski definition) is 1. The number of carboxylic acids is 1. The van der Waals surface area contributed by atoms with Crippen LogP contribution in [0.5, 0.6) is 0 Å². The van der Waals surface area contributed by atoms with E-state index in [1.165, 1.54) is 16.8 Å². The normalized spacial score (nSPS) is 10.6. The van der Waals surface area contributed by atoms with Crippen molar-refractivity contribution in [2.45, 2.75) is 6.54 Å².